The molecule has 0 bridgehead atoms. The van der Waals surface area contributed by atoms with Crippen LogP contribution >= 0.6 is 0 Å². The molecule has 1 fully saturated rings. The molecule has 8 heteroatoms. The molecule has 0 atom stereocenters. The standard InChI is InChI=1S/C18H26N6O2/c1-14(2)13-26-18(25)23-7-4-6-22(9-10-23)16-11-19-12-17(21-16)24-8-5-20-15(24)3/h5,8,11-12,14H,4,6-7,9-10,13H2,1-3H3. The van der Waals surface area contributed by atoms with Crippen LogP contribution in [0.1, 0.15) is 26.1 Å². The zero-order valence-corrected chi connectivity index (χ0v) is 15.6. The molecule has 1 aliphatic heterocycles. The van der Waals surface area contributed by atoms with Crippen molar-refractivity contribution < 1.29 is 9.53 Å². The van der Waals surface area contributed by atoms with Gasteiger partial charge in [-0.1, -0.05) is 13.8 Å². The Labute approximate surface area is 153 Å². The summed E-state index contributed by atoms with van der Waals surface area (Å²) in [5.41, 5.74) is 0. The summed E-state index contributed by atoms with van der Waals surface area (Å²) in [5, 5.41) is 0. The number of hydrogen-bond acceptors (Lipinski definition) is 6. The smallest absolute Gasteiger partial charge is 0.409 e. The third kappa shape index (κ3) is 4.30. The van der Waals surface area contributed by atoms with Crippen molar-refractivity contribution in [2.45, 2.75) is 27.2 Å². The number of carbonyl (C=O) groups is 1. The summed E-state index contributed by atoms with van der Waals surface area (Å²) >= 11 is 0. The number of carbonyl (C=O) groups excluding carboxylic acids is 1. The quantitative estimate of drug-likeness (QED) is 0.834. The van der Waals surface area contributed by atoms with Crippen LogP contribution < -0.4 is 4.90 Å². The molecule has 1 amide bonds. The first-order chi connectivity index (χ1) is 12.5. The maximum absolute atomic E-state index is 12.2. The number of rotatable bonds is 4. The second kappa shape index (κ2) is 8.16. The molecule has 26 heavy (non-hydrogen) atoms. The Balaban J connectivity index is 1.66. The number of imidazole rings is 1. The SMILES string of the molecule is Cc1nccn1-c1cncc(N2CCCN(C(=O)OCC(C)C)CC2)n1. The Bertz CT molecular complexity index is 745. The van der Waals surface area contributed by atoms with Crippen LogP contribution in [-0.4, -0.2) is 63.3 Å². The second-order valence-electron chi connectivity index (χ2n) is 6.88. The number of nitrogens with zero attached hydrogens (tertiary/aromatic N) is 6. The average molecular weight is 358 g/mol. The predicted molar refractivity (Wildman–Crippen MR) is 98.5 cm³/mol. The zero-order valence-electron chi connectivity index (χ0n) is 15.6. The van der Waals surface area contributed by atoms with Gasteiger partial charge >= 0.3 is 6.09 Å². The maximum atomic E-state index is 12.2. The minimum atomic E-state index is -0.227. The molecule has 1 aliphatic rings. The van der Waals surface area contributed by atoms with Crippen molar-refractivity contribution >= 4 is 11.9 Å². The first-order valence-corrected chi connectivity index (χ1v) is 9.03. The van der Waals surface area contributed by atoms with Gasteiger partial charge in [0.1, 0.15) is 11.6 Å². The summed E-state index contributed by atoms with van der Waals surface area (Å²) < 4.78 is 7.26. The molecule has 0 spiro atoms. The lowest BCUT2D eigenvalue weighted by Gasteiger charge is -2.23. The molecular formula is C18H26N6O2. The Morgan fingerprint density at radius 1 is 1.19 bits per heavy atom. The molecule has 1 saturated heterocycles. The third-order valence-corrected chi connectivity index (χ3v) is 4.30. The number of amides is 1. The van der Waals surface area contributed by atoms with Gasteiger partial charge < -0.3 is 14.5 Å². The summed E-state index contributed by atoms with van der Waals surface area (Å²) in [7, 11) is 0. The van der Waals surface area contributed by atoms with E-state index in [2.05, 4.69) is 14.9 Å². The number of aryl methyl sites for hydroxylation is 1. The molecule has 0 saturated carbocycles. The summed E-state index contributed by atoms with van der Waals surface area (Å²) in [6.07, 6.45) is 7.75. The van der Waals surface area contributed by atoms with E-state index >= 15 is 0 Å². The van der Waals surface area contributed by atoms with Crippen LogP contribution in [0.5, 0.6) is 0 Å². The number of hydrogen-bond donors (Lipinski definition) is 0. The van der Waals surface area contributed by atoms with Gasteiger partial charge in [0.15, 0.2) is 5.82 Å². The van der Waals surface area contributed by atoms with E-state index in [-0.39, 0.29) is 6.09 Å². The van der Waals surface area contributed by atoms with E-state index in [1.165, 1.54) is 0 Å². The van der Waals surface area contributed by atoms with Gasteiger partial charge in [0, 0.05) is 38.6 Å². The lowest BCUT2D eigenvalue weighted by molar-refractivity contribution is 0.0943. The number of aromatic nitrogens is 4. The van der Waals surface area contributed by atoms with Gasteiger partial charge in [0.05, 0.1) is 19.0 Å². The first kappa shape index (κ1) is 18.2. The second-order valence-corrected chi connectivity index (χ2v) is 6.88. The lowest BCUT2D eigenvalue weighted by atomic mass is 10.2. The van der Waals surface area contributed by atoms with Crippen LogP contribution in [0.2, 0.25) is 0 Å². The summed E-state index contributed by atoms with van der Waals surface area (Å²) in [4.78, 5) is 29.4. The molecule has 2 aromatic heterocycles. The van der Waals surface area contributed by atoms with Crippen LogP contribution in [0.25, 0.3) is 5.82 Å². The molecule has 3 heterocycles. The largest absolute Gasteiger partial charge is 0.449 e. The van der Waals surface area contributed by atoms with E-state index in [4.69, 9.17) is 9.72 Å². The average Bonchev–Trinajstić information content (AvgIpc) is 2.91. The zero-order chi connectivity index (χ0) is 18.5. The molecule has 140 valence electrons. The molecule has 8 nitrogen and oxygen atoms in total. The number of anilines is 1. The fourth-order valence-electron chi connectivity index (χ4n) is 2.89. The highest BCUT2D eigenvalue weighted by molar-refractivity contribution is 5.67. The van der Waals surface area contributed by atoms with E-state index in [1.54, 1.807) is 23.5 Å². The Morgan fingerprint density at radius 3 is 2.73 bits per heavy atom. The van der Waals surface area contributed by atoms with Gasteiger partial charge in [0.25, 0.3) is 0 Å². The van der Waals surface area contributed by atoms with Crippen molar-refractivity contribution in [1.29, 1.82) is 0 Å². The molecule has 0 aliphatic carbocycles. The third-order valence-electron chi connectivity index (χ3n) is 4.30. The number of ether oxygens (including phenoxy) is 1. The molecular weight excluding hydrogens is 332 g/mol. The topological polar surface area (TPSA) is 76.4 Å². The highest BCUT2D eigenvalue weighted by atomic mass is 16.6. The highest BCUT2D eigenvalue weighted by Crippen LogP contribution is 2.16. The van der Waals surface area contributed by atoms with Gasteiger partial charge in [-0.15, -0.1) is 0 Å². The molecule has 0 unspecified atom stereocenters. The Morgan fingerprint density at radius 2 is 2.00 bits per heavy atom. The van der Waals surface area contributed by atoms with Gasteiger partial charge in [-0.05, 0) is 19.3 Å². The van der Waals surface area contributed by atoms with Crippen LogP contribution in [0.3, 0.4) is 0 Å². The molecule has 3 rings (SSSR count). The molecule has 0 radical (unpaired) electrons. The van der Waals surface area contributed by atoms with E-state index in [0.29, 0.717) is 32.2 Å². The van der Waals surface area contributed by atoms with E-state index in [0.717, 1.165) is 30.4 Å². The minimum absolute atomic E-state index is 0.227. The molecule has 2 aromatic rings. The van der Waals surface area contributed by atoms with Crippen molar-refractivity contribution in [3.8, 4) is 5.82 Å². The van der Waals surface area contributed by atoms with Crippen molar-refractivity contribution in [1.82, 2.24) is 24.4 Å². The van der Waals surface area contributed by atoms with Gasteiger partial charge in [-0.25, -0.2) is 14.8 Å². The fraction of sp³-hybridized carbons (Fsp3) is 0.556. The molecule has 0 N–H and O–H groups in total. The predicted octanol–water partition coefficient (Wildman–Crippen LogP) is 2.28. The van der Waals surface area contributed by atoms with Crippen LogP contribution in [0.4, 0.5) is 10.6 Å². The van der Waals surface area contributed by atoms with Crippen molar-refractivity contribution in [3.63, 3.8) is 0 Å². The minimum Gasteiger partial charge on any atom is -0.449 e. The van der Waals surface area contributed by atoms with Crippen LogP contribution in [0, 0.1) is 12.8 Å². The monoisotopic (exact) mass is 358 g/mol. The van der Waals surface area contributed by atoms with Crippen molar-refractivity contribution in [3.05, 3.63) is 30.6 Å². The van der Waals surface area contributed by atoms with Gasteiger partial charge in [0.2, 0.25) is 0 Å². The van der Waals surface area contributed by atoms with Gasteiger partial charge in [-0.3, -0.25) is 9.55 Å². The lowest BCUT2D eigenvalue weighted by Crippen LogP contribution is -2.36. The van der Waals surface area contributed by atoms with Gasteiger partial charge in [-0.2, -0.15) is 0 Å². The Hall–Kier alpha value is -2.64. The first-order valence-electron chi connectivity index (χ1n) is 9.03. The Kier molecular flexibility index (Phi) is 5.70. The maximum Gasteiger partial charge on any atom is 0.409 e. The van der Waals surface area contributed by atoms with E-state index in [9.17, 15) is 4.79 Å². The summed E-state index contributed by atoms with van der Waals surface area (Å²) in [6, 6.07) is 0. The molecule has 0 aromatic carbocycles. The van der Waals surface area contributed by atoms with Crippen molar-refractivity contribution in [2.75, 3.05) is 37.7 Å². The summed E-state index contributed by atoms with van der Waals surface area (Å²) in [6.45, 7) is 9.30. The highest BCUT2D eigenvalue weighted by Gasteiger charge is 2.21. The van der Waals surface area contributed by atoms with Crippen molar-refractivity contribution in [2.24, 2.45) is 5.92 Å². The van der Waals surface area contributed by atoms with E-state index in [1.807, 2.05) is 31.5 Å². The van der Waals surface area contributed by atoms with E-state index < -0.39 is 0 Å². The normalized spacial score (nSPS) is 15.2. The summed E-state index contributed by atoms with van der Waals surface area (Å²) in [5.74, 6) is 2.77. The fourth-order valence-corrected chi connectivity index (χ4v) is 2.89. The van der Waals surface area contributed by atoms with Crippen LogP contribution in [0.15, 0.2) is 24.8 Å². The van der Waals surface area contributed by atoms with Crippen LogP contribution in [-0.2, 0) is 4.74 Å².